The second kappa shape index (κ2) is 5.46. The molecule has 2 heteroatoms. The lowest BCUT2D eigenvalue weighted by molar-refractivity contribution is -0.121. The smallest absolute Gasteiger partial charge is 0.155 e. The summed E-state index contributed by atoms with van der Waals surface area (Å²) in [7, 11) is 0. The minimum Gasteiger partial charge on any atom is -0.377 e. The summed E-state index contributed by atoms with van der Waals surface area (Å²) in [5.74, 6) is 8.90. The second-order valence-electron chi connectivity index (χ2n) is 9.73. The van der Waals surface area contributed by atoms with Crippen molar-refractivity contribution in [3.63, 3.8) is 0 Å². The lowest BCUT2D eigenvalue weighted by Crippen LogP contribution is -2.55. The molecule has 3 saturated carbocycles. The van der Waals surface area contributed by atoms with E-state index in [0.717, 1.165) is 25.7 Å². The standard InChI is InChI=1S/C23H32O2/c1-5-9-23(25)12-8-19-17-13-15(2)20-14-16(24)6-10-21(20,3)18(17)7-11-22(19,23)4/h14-15,17-19,25H,6-8,10-13H2,1-4H3/t15?,17?,18?,19?,21-,22+,23+/m1/s1. The van der Waals surface area contributed by atoms with E-state index in [2.05, 4.69) is 32.6 Å². The normalized spacial score (nSPS) is 51.6. The van der Waals surface area contributed by atoms with Crippen LogP contribution in [0.2, 0.25) is 0 Å². The van der Waals surface area contributed by atoms with Gasteiger partial charge in [0.2, 0.25) is 0 Å². The van der Waals surface area contributed by atoms with Crippen molar-refractivity contribution in [2.24, 2.45) is 34.5 Å². The molecule has 0 saturated heterocycles. The third kappa shape index (κ3) is 2.18. The monoisotopic (exact) mass is 340 g/mol. The van der Waals surface area contributed by atoms with Gasteiger partial charge in [0.05, 0.1) is 0 Å². The molecule has 0 amide bonds. The Balaban J connectivity index is 1.73. The van der Waals surface area contributed by atoms with Crippen LogP contribution in [-0.4, -0.2) is 16.5 Å². The fraction of sp³-hybridized carbons (Fsp3) is 0.783. The summed E-state index contributed by atoms with van der Waals surface area (Å²) in [6.07, 6.45) is 9.05. The van der Waals surface area contributed by atoms with E-state index in [1.54, 1.807) is 0 Å². The van der Waals surface area contributed by atoms with E-state index in [0.29, 0.717) is 35.9 Å². The van der Waals surface area contributed by atoms with Crippen LogP contribution < -0.4 is 0 Å². The van der Waals surface area contributed by atoms with Crippen molar-refractivity contribution in [2.75, 3.05) is 0 Å². The lowest BCUT2D eigenvalue weighted by Gasteiger charge is -2.60. The zero-order chi connectivity index (χ0) is 18.0. The summed E-state index contributed by atoms with van der Waals surface area (Å²) >= 11 is 0. The van der Waals surface area contributed by atoms with E-state index >= 15 is 0 Å². The minimum absolute atomic E-state index is 0.0705. The molecule has 0 heterocycles. The molecule has 0 aromatic rings. The number of aliphatic hydroxyl groups is 1. The Bertz CT molecular complexity index is 695. The average molecular weight is 341 g/mol. The van der Waals surface area contributed by atoms with E-state index in [9.17, 15) is 9.90 Å². The number of allylic oxidation sites excluding steroid dienone is 1. The van der Waals surface area contributed by atoms with Crippen LogP contribution in [0, 0.1) is 46.3 Å². The van der Waals surface area contributed by atoms with Crippen LogP contribution in [-0.2, 0) is 4.79 Å². The number of hydrogen-bond donors (Lipinski definition) is 1. The maximum atomic E-state index is 12.0. The summed E-state index contributed by atoms with van der Waals surface area (Å²) in [6, 6.07) is 0. The number of carbonyl (C=O) groups excluding carboxylic acids is 1. The third-order valence-electron chi connectivity index (χ3n) is 8.76. The molecule has 136 valence electrons. The molecule has 0 aromatic carbocycles. The zero-order valence-electron chi connectivity index (χ0n) is 16.2. The van der Waals surface area contributed by atoms with Crippen LogP contribution in [0.3, 0.4) is 0 Å². The van der Waals surface area contributed by atoms with Gasteiger partial charge in [-0.2, -0.15) is 0 Å². The largest absolute Gasteiger partial charge is 0.377 e. The summed E-state index contributed by atoms with van der Waals surface area (Å²) in [5.41, 5.74) is 0.739. The van der Waals surface area contributed by atoms with Crippen LogP contribution in [0.25, 0.3) is 0 Å². The van der Waals surface area contributed by atoms with Gasteiger partial charge in [0.1, 0.15) is 5.60 Å². The van der Waals surface area contributed by atoms with Gasteiger partial charge in [-0.3, -0.25) is 4.79 Å². The molecule has 0 spiro atoms. The van der Waals surface area contributed by atoms with Gasteiger partial charge in [-0.25, -0.2) is 0 Å². The van der Waals surface area contributed by atoms with Gasteiger partial charge >= 0.3 is 0 Å². The Hall–Kier alpha value is -1.07. The Morgan fingerprint density at radius 3 is 2.60 bits per heavy atom. The molecule has 0 aliphatic heterocycles. The molecule has 3 fully saturated rings. The molecule has 4 aliphatic carbocycles. The molecular formula is C23H32O2. The van der Waals surface area contributed by atoms with Crippen LogP contribution >= 0.6 is 0 Å². The highest BCUT2D eigenvalue weighted by Crippen LogP contribution is 2.68. The summed E-state index contributed by atoms with van der Waals surface area (Å²) in [6.45, 7) is 8.89. The number of hydrogen-bond acceptors (Lipinski definition) is 2. The van der Waals surface area contributed by atoms with Crippen molar-refractivity contribution in [1.82, 2.24) is 0 Å². The molecule has 2 nitrogen and oxygen atoms in total. The predicted octanol–water partition coefficient (Wildman–Crippen LogP) is 4.52. The molecule has 0 aromatic heterocycles. The zero-order valence-corrected chi connectivity index (χ0v) is 16.2. The minimum atomic E-state index is -0.805. The van der Waals surface area contributed by atoms with Gasteiger partial charge in [0, 0.05) is 11.8 Å². The Morgan fingerprint density at radius 1 is 1.16 bits per heavy atom. The summed E-state index contributed by atoms with van der Waals surface area (Å²) < 4.78 is 0. The number of ketones is 1. The first-order valence-corrected chi connectivity index (χ1v) is 10.2. The average Bonchev–Trinajstić information content (AvgIpc) is 2.82. The van der Waals surface area contributed by atoms with Gasteiger partial charge in [0.15, 0.2) is 5.78 Å². The maximum Gasteiger partial charge on any atom is 0.155 e. The van der Waals surface area contributed by atoms with E-state index in [-0.39, 0.29) is 10.8 Å². The topological polar surface area (TPSA) is 37.3 Å². The molecule has 25 heavy (non-hydrogen) atoms. The van der Waals surface area contributed by atoms with Crippen molar-refractivity contribution >= 4 is 5.78 Å². The van der Waals surface area contributed by atoms with Crippen molar-refractivity contribution < 1.29 is 9.90 Å². The van der Waals surface area contributed by atoms with Crippen molar-refractivity contribution in [2.45, 2.75) is 78.2 Å². The van der Waals surface area contributed by atoms with E-state index in [1.807, 2.05) is 13.0 Å². The molecule has 0 bridgehead atoms. The Kier molecular flexibility index (Phi) is 3.79. The van der Waals surface area contributed by atoms with Gasteiger partial charge in [-0.05, 0) is 80.6 Å². The first-order valence-electron chi connectivity index (χ1n) is 10.2. The van der Waals surface area contributed by atoms with Gasteiger partial charge in [0.25, 0.3) is 0 Å². The molecule has 1 N–H and O–H groups in total. The van der Waals surface area contributed by atoms with Crippen molar-refractivity contribution in [3.05, 3.63) is 11.6 Å². The van der Waals surface area contributed by atoms with E-state index in [4.69, 9.17) is 0 Å². The molecule has 0 radical (unpaired) electrons. The SMILES string of the molecule is CC#C[C@]1(O)CCC2C3CC(C)C4=CC(=O)CC[C@]4(C)C3CC[C@@]21C. The first-order chi connectivity index (χ1) is 11.7. The maximum absolute atomic E-state index is 12.0. The fourth-order valence-electron chi connectivity index (χ4n) is 7.41. The first kappa shape index (κ1) is 17.3. The number of fused-ring (bicyclic) bond motifs is 5. The number of rotatable bonds is 0. The summed E-state index contributed by atoms with van der Waals surface area (Å²) in [4.78, 5) is 12.0. The Labute approximate surface area is 152 Å². The van der Waals surface area contributed by atoms with Crippen LogP contribution in [0.15, 0.2) is 11.6 Å². The van der Waals surface area contributed by atoms with E-state index < -0.39 is 5.60 Å². The molecule has 4 aliphatic rings. The van der Waals surface area contributed by atoms with Crippen LogP contribution in [0.4, 0.5) is 0 Å². The third-order valence-corrected chi connectivity index (χ3v) is 8.76. The van der Waals surface area contributed by atoms with Crippen LogP contribution in [0.1, 0.15) is 72.6 Å². The molecular weight excluding hydrogens is 308 g/mol. The Morgan fingerprint density at radius 2 is 1.88 bits per heavy atom. The second-order valence-corrected chi connectivity index (χ2v) is 9.73. The van der Waals surface area contributed by atoms with Crippen molar-refractivity contribution in [3.8, 4) is 11.8 Å². The van der Waals surface area contributed by atoms with E-state index in [1.165, 1.54) is 18.4 Å². The highest BCUT2D eigenvalue weighted by Gasteiger charge is 2.64. The summed E-state index contributed by atoms with van der Waals surface area (Å²) in [5, 5.41) is 11.3. The molecule has 4 rings (SSSR count). The fourth-order valence-corrected chi connectivity index (χ4v) is 7.41. The van der Waals surface area contributed by atoms with Gasteiger partial charge < -0.3 is 5.11 Å². The van der Waals surface area contributed by atoms with Crippen molar-refractivity contribution in [1.29, 1.82) is 0 Å². The molecule has 4 unspecified atom stereocenters. The quantitative estimate of drug-likeness (QED) is 0.658. The lowest BCUT2D eigenvalue weighted by atomic mass is 9.45. The van der Waals surface area contributed by atoms with Crippen LogP contribution in [0.5, 0.6) is 0 Å². The number of carbonyl (C=O) groups is 1. The highest BCUT2D eigenvalue weighted by molar-refractivity contribution is 5.91. The van der Waals surface area contributed by atoms with Gasteiger partial charge in [-0.15, -0.1) is 5.92 Å². The van der Waals surface area contributed by atoms with Gasteiger partial charge in [-0.1, -0.05) is 32.3 Å². The molecule has 7 atom stereocenters. The predicted molar refractivity (Wildman–Crippen MR) is 99.7 cm³/mol. The highest BCUT2D eigenvalue weighted by atomic mass is 16.3.